The van der Waals surface area contributed by atoms with Crippen LogP contribution < -0.4 is 21.1 Å². The number of hydrogen-bond acceptors (Lipinski definition) is 4. The summed E-state index contributed by atoms with van der Waals surface area (Å²) >= 11 is 0. The molecule has 2 N–H and O–H groups in total. The van der Waals surface area contributed by atoms with Gasteiger partial charge in [0.2, 0.25) is 5.78 Å². The summed E-state index contributed by atoms with van der Waals surface area (Å²) in [7, 11) is 0. The summed E-state index contributed by atoms with van der Waals surface area (Å²) in [6.07, 6.45) is 0.627. The molecule has 6 aromatic rings. The van der Waals surface area contributed by atoms with E-state index in [1.165, 1.54) is 0 Å². The molecular formula is C32H26N6O2. The van der Waals surface area contributed by atoms with Crippen LogP contribution in [0.1, 0.15) is 12.0 Å². The Hall–Kier alpha value is -5.37. The molecule has 7 rings (SSSR count). The van der Waals surface area contributed by atoms with Crippen molar-refractivity contribution in [2.45, 2.75) is 13.0 Å². The summed E-state index contributed by atoms with van der Waals surface area (Å²) < 4.78 is 4.10. The van der Waals surface area contributed by atoms with Crippen LogP contribution in [0.25, 0.3) is 33.4 Å². The van der Waals surface area contributed by atoms with Crippen LogP contribution in [0, 0.1) is 0 Å². The van der Waals surface area contributed by atoms with Gasteiger partial charge in [-0.2, -0.15) is 4.98 Å². The Morgan fingerprint density at radius 1 is 0.725 bits per heavy atom. The highest BCUT2D eigenvalue weighted by molar-refractivity contribution is 6.18. The van der Waals surface area contributed by atoms with Crippen molar-refractivity contribution in [2.24, 2.45) is 0 Å². The molecule has 0 spiro atoms. The van der Waals surface area contributed by atoms with Crippen LogP contribution in [0.3, 0.4) is 0 Å². The number of nitrogen functional groups attached to an aromatic ring is 1. The molecule has 1 aliphatic rings. The quantitative estimate of drug-likeness (QED) is 0.284. The van der Waals surface area contributed by atoms with Crippen LogP contribution in [0.5, 0.6) is 0 Å². The van der Waals surface area contributed by atoms with Crippen molar-refractivity contribution in [3.05, 3.63) is 120 Å². The van der Waals surface area contributed by atoms with E-state index in [1.54, 1.807) is 15.9 Å². The van der Waals surface area contributed by atoms with Gasteiger partial charge in [0.1, 0.15) is 0 Å². The SMILES string of the molecule is C=C1c2ccccc2N(CCCn2c3ccccc3n3c4ccccc4c(=O)nc23)C(=O)N1c1ccccc1N. The van der Waals surface area contributed by atoms with Gasteiger partial charge in [-0.05, 0) is 48.9 Å². The normalized spacial score (nSPS) is 13.5. The molecule has 0 fully saturated rings. The van der Waals surface area contributed by atoms with Crippen molar-refractivity contribution in [1.29, 1.82) is 0 Å². The number of rotatable bonds is 5. The van der Waals surface area contributed by atoms with Crippen molar-refractivity contribution in [3.8, 4) is 0 Å². The fourth-order valence-corrected chi connectivity index (χ4v) is 5.74. The third-order valence-electron chi connectivity index (χ3n) is 7.57. The van der Waals surface area contributed by atoms with Gasteiger partial charge in [-0.3, -0.25) is 19.0 Å². The van der Waals surface area contributed by atoms with Gasteiger partial charge in [-0.1, -0.05) is 61.2 Å². The van der Waals surface area contributed by atoms with Gasteiger partial charge in [0.25, 0.3) is 5.56 Å². The first-order chi connectivity index (χ1) is 19.5. The summed E-state index contributed by atoms with van der Waals surface area (Å²) in [5.74, 6) is 0.585. The van der Waals surface area contributed by atoms with E-state index in [2.05, 4.69) is 16.1 Å². The average molecular weight is 527 g/mol. The Morgan fingerprint density at radius 3 is 2.17 bits per heavy atom. The fourth-order valence-electron chi connectivity index (χ4n) is 5.74. The number of fused-ring (bicyclic) bond motifs is 6. The van der Waals surface area contributed by atoms with Crippen molar-refractivity contribution >= 4 is 56.5 Å². The van der Waals surface area contributed by atoms with Gasteiger partial charge in [-0.25, -0.2) is 4.79 Å². The number of hydrogen-bond donors (Lipinski definition) is 1. The lowest BCUT2D eigenvalue weighted by Crippen LogP contribution is -2.47. The van der Waals surface area contributed by atoms with E-state index in [1.807, 2.05) is 95.4 Å². The van der Waals surface area contributed by atoms with Crippen LogP contribution >= 0.6 is 0 Å². The molecule has 0 saturated carbocycles. The first-order valence-electron chi connectivity index (χ1n) is 13.2. The second-order valence-electron chi connectivity index (χ2n) is 9.86. The van der Waals surface area contributed by atoms with Crippen LogP contribution in [-0.4, -0.2) is 26.5 Å². The van der Waals surface area contributed by atoms with E-state index >= 15 is 0 Å². The van der Waals surface area contributed by atoms with E-state index in [0.717, 1.165) is 27.8 Å². The number of amides is 2. The van der Waals surface area contributed by atoms with Crippen LogP contribution in [0.2, 0.25) is 0 Å². The lowest BCUT2D eigenvalue weighted by molar-refractivity contribution is 0.253. The molecule has 0 bridgehead atoms. The minimum absolute atomic E-state index is 0.204. The van der Waals surface area contributed by atoms with Gasteiger partial charge in [0.15, 0.2) is 0 Å². The second kappa shape index (κ2) is 9.13. The minimum atomic E-state index is -0.255. The van der Waals surface area contributed by atoms with Crippen LogP contribution in [-0.2, 0) is 6.54 Å². The third kappa shape index (κ3) is 3.50. The van der Waals surface area contributed by atoms with Crippen molar-refractivity contribution in [2.75, 3.05) is 22.1 Å². The number of nitrogens with zero attached hydrogens (tertiary/aromatic N) is 5. The molecule has 2 amide bonds. The lowest BCUT2D eigenvalue weighted by atomic mass is 10.0. The second-order valence-corrected chi connectivity index (χ2v) is 9.86. The maximum Gasteiger partial charge on any atom is 0.333 e. The molecule has 8 heteroatoms. The number of aryl methyl sites for hydroxylation is 1. The third-order valence-corrected chi connectivity index (χ3v) is 7.57. The molecule has 3 heterocycles. The number of para-hydroxylation sites is 6. The van der Waals surface area contributed by atoms with Crippen LogP contribution in [0.15, 0.2) is 108 Å². The summed E-state index contributed by atoms with van der Waals surface area (Å²) in [4.78, 5) is 34.7. The Kier molecular flexibility index (Phi) is 5.41. The van der Waals surface area contributed by atoms with Gasteiger partial charge >= 0.3 is 6.03 Å². The van der Waals surface area contributed by atoms with Crippen LogP contribution in [0.4, 0.5) is 21.9 Å². The van der Waals surface area contributed by atoms with E-state index in [0.29, 0.717) is 47.7 Å². The minimum Gasteiger partial charge on any atom is -0.397 e. The molecule has 0 atom stereocenters. The summed E-state index contributed by atoms with van der Waals surface area (Å²) in [6.45, 7) is 5.24. The Balaban J connectivity index is 1.28. The molecule has 2 aromatic heterocycles. The standard InChI is InChI=1S/C32H26N6O2/c1-21-22-11-2-5-14-25(22)36(32(40)37(21)27-16-7-4-13-24(27)33)20-10-19-35-28-17-8-9-18-29(28)38-26-15-6-3-12-23(26)30(39)34-31(35)38/h2-9,11-18H,1,10,19-20,33H2. The van der Waals surface area contributed by atoms with E-state index in [-0.39, 0.29) is 11.6 Å². The Bertz CT molecular complexity index is 2040. The molecule has 0 unspecified atom stereocenters. The average Bonchev–Trinajstić information content (AvgIpc) is 3.29. The van der Waals surface area contributed by atoms with Crippen molar-refractivity contribution in [3.63, 3.8) is 0 Å². The number of aromatic nitrogens is 3. The number of carbonyl (C=O) groups is 1. The van der Waals surface area contributed by atoms with E-state index < -0.39 is 0 Å². The maximum absolute atomic E-state index is 13.9. The Labute approximate surface area is 229 Å². The van der Waals surface area contributed by atoms with Gasteiger partial charge in [0.05, 0.1) is 44.7 Å². The molecule has 196 valence electrons. The monoisotopic (exact) mass is 526 g/mol. The summed E-state index contributed by atoms with van der Waals surface area (Å²) in [5.41, 5.74) is 12.2. The first-order valence-corrected chi connectivity index (χ1v) is 13.2. The predicted octanol–water partition coefficient (Wildman–Crippen LogP) is 5.89. The molecule has 0 radical (unpaired) electrons. The first kappa shape index (κ1) is 23.7. The number of anilines is 3. The molecular weight excluding hydrogens is 500 g/mol. The van der Waals surface area contributed by atoms with Crippen molar-refractivity contribution in [1.82, 2.24) is 14.0 Å². The Morgan fingerprint density at radius 2 is 1.38 bits per heavy atom. The lowest BCUT2D eigenvalue weighted by Gasteiger charge is -2.38. The van der Waals surface area contributed by atoms with E-state index in [9.17, 15) is 9.59 Å². The smallest absolute Gasteiger partial charge is 0.333 e. The number of carbonyl (C=O) groups excluding carboxylic acids is 1. The number of nitrogens with two attached hydrogens (primary N) is 1. The highest BCUT2D eigenvalue weighted by Gasteiger charge is 2.34. The zero-order valence-corrected chi connectivity index (χ0v) is 21.7. The molecule has 40 heavy (non-hydrogen) atoms. The van der Waals surface area contributed by atoms with Crippen molar-refractivity contribution < 1.29 is 4.79 Å². The maximum atomic E-state index is 13.9. The molecule has 1 aliphatic heterocycles. The predicted molar refractivity (Wildman–Crippen MR) is 161 cm³/mol. The highest BCUT2D eigenvalue weighted by atomic mass is 16.2. The zero-order valence-electron chi connectivity index (χ0n) is 21.7. The highest BCUT2D eigenvalue weighted by Crippen LogP contribution is 2.40. The zero-order chi connectivity index (χ0) is 27.4. The summed E-state index contributed by atoms with van der Waals surface area (Å²) in [5, 5.41) is 0.582. The number of imidazole rings is 1. The van der Waals surface area contributed by atoms with Gasteiger partial charge < -0.3 is 10.3 Å². The number of urea groups is 1. The largest absolute Gasteiger partial charge is 0.397 e. The molecule has 8 nitrogen and oxygen atoms in total. The van der Waals surface area contributed by atoms with Gasteiger partial charge in [0, 0.05) is 18.7 Å². The van der Waals surface area contributed by atoms with E-state index in [4.69, 9.17) is 5.73 Å². The molecule has 0 aliphatic carbocycles. The topological polar surface area (TPSA) is 88.9 Å². The molecule has 0 saturated heterocycles. The number of benzene rings is 4. The summed E-state index contributed by atoms with van der Waals surface area (Å²) in [6, 6.07) is 30.5. The van der Waals surface area contributed by atoms with Gasteiger partial charge in [-0.15, -0.1) is 0 Å². The fraction of sp³-hybridized carbons (Fsp3) is 0.0938. The molecule has 4 aromatic carbocycles.